The topological polar surface area (TPSA) is 85.8 Å². The zero-order chi connectivity index (χ0) is 19.7. The molecule has 0 spiro atoms. The number of amides is 1. The average Bonchev–Trinajstić information content (AvgIpc) is 3.31. The molecule has 4 aromatic rings. The molecule has 142 valence electrons. The number of nitrogens with zero attached hydrogens (tertiary/aromatic N) is 4. The molecule has 1 N–H and O–H groups in total. The van der Waals surface area contributed by atoms with E-state index in [0.29, 0.717) is 34.4 Å². The number of hydrogen-bond donors (Lipinski definition) is 1. The van der Waals surface area contributed by atoms with Crippen LogP contribution in [0.15, 0.2) is 53.3 Å². The van der Waals surface area contributed by atoms with Crippen LogP contribution in [-0.4, -0.2) is 31.9 Å². The summed E-state index contributed by atoms with van der Waals surface area (Å²) in [4.78, 5) is 17.4. The first-order chi connectivity index (χ1) is 13.5. The maximum Gasteiger partial charge on any atom is 0.259 e. The Morgan fingerprint density at radius 2 is 2.11 bits per heavy atom. The quantitative estimate of drug-likeness (QED) is 0.575. The minimum absolute atomic E-state index is 0.148. The van der Waals surface area contributed by atoms with Gasteiger partial charge in [-0.15, -0.1) is 0 Å². The number of aromatic nitrogens is 4. The number of nitrogens with one attached hydrogen (secondary N) is 1. The van der Waals surface area contributed by atoms with Gasteiger partial charge in [0.05, 0.1) is 28.9 Å². The van der Waals surface area contributed by atoms with Gasteiger partial charge in [0.1, 0.15) is 5.82 Å². The molecule has 0 aliphatic heterocycles. The largest absolute Gasteiger partial charge is 0.348 e. The predicted octanol–water partition coefficient (Wildman–Crippen LogP) is 3.35. The molecule has 0 saturated carbocycles. The van der Waals surface area contributed by atoms with Gasteiger partial charge in [-0.05, 0) is 50.2 Å². The number of aryl methyl sites for hydroxylation is 1. The normalized spacial score (nSPS) is 12.2. The third-order valence-electron chi connectivity index (χ3n) is 4.40. The first-order valence-corrected chi connectivity index (χ1v) is 8.82. The van der Waals surface area contributed by atoms with Crippen molar-refractivity contribution in [3.8, 4) is 11.3 Å². The molecular weight excluding hydrogens is 361 g/mol. The molecule has 3 heterocycles. The van der Waals surface area contributed by atoms with Crippen LogP contribution in [0.3, 0.4) is 0 Å². The SMILES string of the molecule is Cc1noc2nc(-c3ccc(F)cc3)cc(C(=O)N[C@@H](C)Cn3cccn3)c12. The van der Waals surface area contributed by atoms with Crippen molar-refractivity contribution >= 4 is 17.0 Å². The van der Waals surface area contributed by atoms with Crippen LogP contribution >= 0.6 is 0 Å². The van der Waals surface area contributed by atoms with Crippen LogP contribution in [-0.2, 0) is 6.54 Å². The summed E-state index contributed by atoms with van der Waals surface area (Å²) in [5.74, 6) is -0.604. The molecular formula is C20H18FN5O2. The zero-order valence-corrected chi connectivity index (χ0v) is 15.4. The summed E-state index contributed by atoms with van der Waals surface area (Å²) in [5.41, 5.74) is 2.45. The Labute approximate surface area is 160 Å². The van der Waals surface area contributed by atoms with Crippen molar-refractivity contribution in [3.63, 3.8) is 0 Å². The standard InChI is InChI=1S/C20H18FN5O2/c1-12(11-26-9-3-8-22-26)23-19(27)16-10-17(14-4-6-15(21)7-5-14)24-20-18(16)13(2)25-28-20/h3-10,12H,11H2,1-2H3,(H,23,27)/t12-/m0/s1. The fourth-order valence-electron chi connectivity index (χ4n) is 3.08. The molecule has 0 bridgehead atoms. The first kappa shape index (κ1) is 17.8. The van der Waals surface area contributed by atoms with Gasteiger partial charge in [-0.1, -0.05) is 5.16 Å². The smallest absolute Gasteiger partial charge is 0.259 e. The van der Waals surface area contributed by atoms with Crippen molar-refractivity contribution in [1.29, 1.82) is 0 Å². The summed E-state index contributed by atoms with van der Waals surface area (Å²) < 4.78 is 20.3. The molecule has 0 saturated heterocycles. The van der Waals surface area contributed by atoms with Gasteiger partial charge in [-0.3, -0.25) is 9.48 Å². The number of pyridine rings is 1. The minimum Gasteiger partial charge on any atom is -0.348 e. The van der Waals surface area contributed by atoms with E-state index in [0.717, 1.165) is 0 Å². The van der Waals surface area contributed by atoms with Crippen molar-refractivity contribution < 1.29 is 13.7 Å². The maximum atomic E-state index is 13.2. The van der Waals surface area contributed by atoms with E-state index in [9.17, 15) is 9.18 Å². The number of fused-ring (bicyclic) bond motifs is 1. The average molecular weight is 379 g/mol. The van der Waals surface area contributed by atoms with Crippen molar-refractivity contribution in [2.45, 2.75) is 26.4 Å². The van der Waals surface area contributed by atoms with Crippen LogP contribution in [0.5, 0.6) is 0 Å². The minimum atomic E-state index is -0.342. The summed E-state index contributed by atoms with van der Waals surface area (Å²) >= 11 is 0. The van der Waals surface area contributed by atoms with Gasteiger partial charge in [0.15, 0.2) is 0 Å². The summed E-state index contributed by atoms with van der Waals surface area (Å²) in [5, 5.41) is 11.6. The van der Waals surface area contributed by atoms with Crippen molar-refractivity contribution in [2.75, 3.05) is 0 Å². The maximum absolute atomic E-state index is 13.2. The van der Waals surface area contributed by atoms with E-state index in [1.807, 2.05) is 19.2 Å². The molecule has 0 unspecified atom stereocenters. The molecule has 1 aromatic carbocycles. The lowest BCUT2D eigenvalue weighted by molar-refractivity contribution is 0.0937. The number of rotatable bonds is 5. The first-order valence-electron chi connectivity index (χ1n) is 8.82. The molecule has 0 fully saturated rings. The van der Waals surface area contributed by atoms with E-state index in [1.54, 1.807) is 36.0 Å². The molecule has 8 heteroatoms. The summed E-state index contributed by atoms with van der Waals surface area (Å²) in [6.45, 7) is 4.20. The predicted molar refractivity (Wildman–Crippen MR) is 101 cm³/mol. The number of hydrogen-bond acceptors (Lipinski definition) is 5. The number of halogens is 1. The van der Waals surface area contributed by atoms with Crippen LogP contribution < -0.4 is 5.32 Å². The van der Waals surface area contributed by atoms with Crippen LogP contribution in [0.4, 0.5) is 4.39 Å². The van der Waals surface area contributed by atoms with Crippen LogP contribution in [0.2, 0.25) is 0 Å². The lowest BCUT2D eigenvalue weighted by atomic mass is 10.0. The highest BCUT2D eigenvalue weighted by Crippen LogP contribution is 2.27. The lowest BCUT2D eigenvalue weighted by Gasteiger charge is -2.15. The van der Waals surface area contributed by atoms with Gasteiger partial charge in [0.2, 0.25) is 0 Å². The Kier molecular flexibility index (Phi) is 4.60. The Bertz CT molecular complexity index is 1120. The number of carbonyl (C=O) groups excluding carboxylic acids is 1. The van der Waals surface area contributed by atoms with E-state index in [1.165, 1.54) is 12.1 Å². The molecule has 28 heavy (non-hydrogen) atoms. The molecule has 7 nitrogen and oxygen atoms in total. The lowest BCUT2D eigenvalue weighted by Crippen LogP contribution is -2.36. The Morgan fingerprint density at radius 3 is 2.82 bits per heavy atom. The van der Waals surface area contributed by atoms with E-state index < -0.39 is 0 Å². The van der Waals surface area contributed by atoms with E-state index in [4.69, 9.17) is 4.52 Å². The summed E-state index contributed by atoms with van der Waals surface area (Å²) in [7, 11) is 0. The Hall–Kier alpha value is -3.55. The van der Waals surface area contributed by atoms with E-state index in [-0.39, 0.29) is 23.5 Å². The molecule has 1 amide bonds. The van der Waals surface area contributed by atoms with Gasteiger partial charge < -0.3 is 9.84 Å². The highest BCUT2D eigenvalue weighted by atomic mass is 19.1. The number of benzene rings is 1. The van der Waals surface area contributed by atoms with Gasteiger partial charge in [-0.2, -0.15) is 5.10 Å². The third-order valence-corrected chi connectivity index (χ3v) is 4.40. The monoisotopic (exact) mass is 379 g/mol. The van der Waals surface area contributed by atoms with Crippen LogP contribution in [0, 0.1) is 12.7 Å². The highest BCUT2D eigenvalue weighted by Gasteiger charge is 2.20. The molecule has 0 aliphatic rings. The molecule has 1 atom stereocenters. The van der Waals surface area contributed by atoms with Gasteiger partial charge >= 0.3 is 0 Å². The van der Waals surface area contributed by atoms with Crippen molar-refractivity contribution in [2.24, 2.45) is 0 Å². The van der Waals surface area contributed by atoms with Crippen molar-refractivity contribution in [1.82, 2.24) is 25.2 Å². The van der Waals surface area contributed by atoms with Crippen LogP contribution in [0.1, 0.15) is 23.0 Å². The highest BCUT2D eigenvalue weighted by molar-refractivity contribution is 6.07. The van der Waals surface area contributed by atoms with Gasteiger partial charge in [0, 0.05) is 24.0 Å². The zero-order valence-electron chi connectivity index (χ0n) is 15.4. The van der Waals surface area contributed by atoms with E-state index >= 15 is 0 Å². The van der Waals surface area contributed by atoms with E-state index in [2.05, 4.69) is 20.6 Å². The molecule has 0 radical (unpaired) electrons. The van der Waals surface area contributed by atoms with Crippen molar-refractivity contribution in [3.05, 3.63) is 65.9 Å². The summed E-state index contributed by atoms with van der Waals surface area (Å²) in [6, 6.07) is 9.26. The summed E-state index contributed by atoms with van der Waals surface area (Å²) in [6.07, 6.45) is 3.53. The van der Waals surface area contributed by atoms with Crippen LogP contribution in [0.25, 0.3) is 22.4 Å². The second-order valence-electron chi connectivity index (χ2n) is 6.61. The fourth-order valence-corrected chi connectivity index (χ4v) is 3.08. The third kappa shape index (κ3) is 3.48. The Balaban J connectivity index is 1.69. The Morgan fingerprint density at radius 1 is 1.32 bits per heavy atom. The second kappa shape index (κ2) is 7.22. The molecule has 0 aliphatic carbocycles. The van der Waals surface area contributed by atoms with Gasteiger partial charge in [0.25, 0.3) is 11.6 Å². The van der Waals surface area contributed by atoms with Gasteiger partial charge in [-0.25, -0.2) is 9.37 Å². The fraction of sp³-hybridized carbons (Fsp3) is 0.200. The molecule has 4 rings (SSSR count). The molecule has 3 aromatic heterocycles. The number of carbonyl (C=O) groups is 1. The second-order valence-corrected chi connectivity index (χ2v) is 6.61.